The van der Waals surface area contributed by atoms with Gasteiger partial charge in [0, 0.05) is 9.99 Å². The molecule has 0 fully saturated rings. The van der Waals surface area contributed by atoms with Crippen molar-refractivity contribution in [2.75, 3.05) is 11.9 Å². The smallest absolute Gasteiger partial charge is 0.224 e. The highest BCUT2D eigenvalue weighted by Gasteiger charge is 2.04. The van der Waals surface area contributed by atoms with E-state index < -0.39 is 0 Å². The molecule has 4 heteroatoms. The normalized spacial score (nSPS) is 10.2. The summed E-state index contributed by atoms with van der Waals surface area (Å²) < 4.78 is 1.07. The van der Waals surface area contributed by atoms with Gasteiger partial charge in [0.05, 0.1) is 5.69 Å². The predicted octanol–water partition coefficient (Wildman–Crippen LogP) is 3.14. The summed E-state index contributed by atoms with van der Waals surface area (Å²) in [5, 5.41) is 2.93. The maximum atomic E-state index is 11.7. The third-order valence-corrected chi connectivity index (χ3v) is 3.45. The van der Waals surface area contributed by atoms with Gasteiger partial charge in [-0.05, 0) is 54.1 Å². The number of halogens is 1. The van der Waals surface area contributed by atoms with E-state index >= 15 is 0 Å². The Kier molecular flexibility index (Phi) is 7.19. The zero-order chi connectivity index (χ0) is 12.5. The average Bonchev–Trinajstić information content (AvgIpc) is 2.32. The third-order valence-electron chi connectivity index (χ3n) is 2.51. The first kappa shape index (κ1) is 14.4. The van der Waals surface area contributed by atoms with Crippen molar-refractivity contribution in [3.63, 3.8) is 0 Å². The van der Waals surface area contributed by atoms with Crippen LogP contribution in [0, 0.1) is 3.57 Å². The standard InChI is InChI=1S/C13H19IN2O/c14-11-7-4-5-8-12(11)16-13(17)9-3-1-2-6-10-15/h4-5,7-8H,1-3,6,9-10,15H2,(H,16,17). The van der Waals surface area contributed by atoms with E-state index in [1.807, 2.05) is 24.3 Å². The van der Waals surface area contributed by atoms with Crippen LogP contribution in [0.3, 0.4) is 0 Å². The molecule has 1 amide bonds. The summed E-state index contributed by atoms with van der Waals surface area (Å²) in [6, 6.07) is 7.80. The SMILES string of the molecule is NCCCCCCC(=O)Nc1ccccc1I. The molecule has 17 heavy (non-hydrogen) atoms. The van der Waals surface area contributed by atoms with E-state index in [9.17, 15) is 4.79 Å². The van der Waals surface area contributed by atoms with Crippen LogP contribution in [0.5, 0.6) is 0 Å². The number of benzene rings is 1. The highest BCUT2D eigenvalue weighted by molar-refractivity contribution is 14.1. The number of carbonyl (C=O) groups excluding carboxylic acids is 1. The molecule has 1 aromatic rings. The molecule has 1 rings (SSSR count). The zero-order valence-corrected chi connectivity index (χ0v) is 12.1. The van der Waals surface area contributed by atoms with Gasteiger partial charge in [-0.25, -0.2) is 0 Å². The Morgan fingerprint density at radius 1 is 1.18 bits per heavy atom. The van der Waals surface area contributed by atoms with Crippen molar-refractivity contribution in [1.29, 1.82) is 0 Å². The van der Waals surface area contributed by atoms with Crippen LogP contribution in [-0.4, -0.2) is 12.5 Å². The molecule has 0 aliphatic heterocycles. The van der Waals surface area contributed by atoms with Gasteiger partial charge in [0.25, 0.3) is 0 Å². The van der Waals surface area contributed by atoms with E-state index in [1.54, 1.807) is 0 Å². The van der Waals surface area contributed by atoms with Crippen molar-refractivity contribution in [2.45, 2.75) is 32.1 Å². The minimum absolute atomic E-state index is 0.0989. The van der Waals surface area contributed by atoms with Crippen LogP contribution >= 0.6 is 22.6 Å². The first-order valence-corrected chi connectivity index (χ1v) is 7.06. The van der Waals surface area contributed by atoms with Crippen molar-refractivity contribution in [2.24, 2.45) is 5.73 Å². The van der Waals surface area contributed by atoms with E-state index in [4.69, 9.17) is 5.73 Å². The van der Waals surface area contributed by atoms with Crippen LogP contribution in [0.15, 0.2) is 24.3 Å². The summed E-state index contributed by atoms with van der Waals surface area (Å²) in [5.74, 6) is 0.0989. The molecule has 0 saturated heterocycles. The minimum Gasteiger partial charge on any atom is -0.330 e. The average molecular weight is 346 g/mol. The molecule has 0 atom stereocenters. The summed E-state index contributed by atoms with van der Waals surface area (Å²) in [6.45, 7) is 0.744. The number of nitrogens with one attached hydrogen (secondary N) is 1. The molecule has 3 nitrogen and oxygen atoms in total. The summed E-state index contributed by atoms with van der Waals surface area (Å²) in [7, 11) is 0. The molecule has 94 valence electrons. The Labute approximate surface area is 116 Å². The Morgan fingerprint density at radius 2 is 1.88 bits per heavy atom. The summed E-state index contributed by atoms with van der Waals surface area (Å²) >= 11 is 2.22. The topological polar surface area (TPSA) is 55.1 Å². The molecule has 0 spiro atoms. The molecule has 0 bridgehead atoms. The van der Waals surface area contributed by atoms with Gasteiger partial charge in [-0.1, -0.05) is 25.0 Å². The fourth-order valence-corrected chi connectivity index (χ4v) is 2.08. The minimum atomic E-state index is 0.0989. The first-order chi connectivity index (χ1) is 8.24. The Bertz CT molecular complexity index is 355. The summed E-state index contributed by atoms with van der Waals surface area (Å²) in [5.41, 5.74) is 6.31. The number of carbonyl (C=O) groups is 1. The number of nitrogens with two attached hydrogens (primary N) is 1. The van der Waals surface area contributed by atoms with Crippen molar-refractivity contribution in [3.8, 4) is 0 Å². The molecule has 3 N–H and O–H groups in total. The summed E-state index contributed by atoms with van der Waals surface area (Å²) in [4.78, 5) is 11.7. The van der Waals surface area contributed by atoms with Crippen LogP contribution in [-0.2, 0) is 4.79 Å². The third kappa shape index (κ3) is 6.02. The van der Waals surface area contributed by atoms with E-state index in [1.165, 1.54) is 0 Å². The van der Waals surface area contributed by atoms with Gasteiger partial charge in [-0.3, -0.25) is 4.79 Å². The van der Waals surface area contributed by atoms with Crippen LogP contribution in [0.25, 0.3) is 0 Å². The lowest BCUT2D eigenvalue weighted by Gasteiger charge is -2.06. The molecular weight excluding hydrogens is 327 g/mol. The van der Waals surface area contributed by atoms with E-state index in [0.717, 1.165) is 41.5 Å². The maximum absolute atomic E-state index is 11.7. The fraction of sp³-hybridized carbons (Fsp3) is 0.462. The highest BCUT2D eigenvalue weighted by atomic mass is 127. The van der Waals surface area contributed by atoms with Gasteiger partial charge in [0.1, 0.15) is 0 Å². The molecule has 0 unspecified atom stereocenters. The number of para-hydroxylation sites is 1. The van der Waals surface area contributed by atoms with Crippen molar-refractivity contribution in [3.05, 3.63) is 27.8 Å². The van der Waals surface area contributed by atoms with Crippen molar-refractivity contribution < 1.29 is 4.79 Å². The van der Waals surface area contributed by atoms with Crippen LogP contribution in [0.1, 0.15) is 32.1 Å². The second-order valence-electron chi connectivity index (χ2n) is 3.98. The van der Waals surface area contributed by atoms with E-state index in [2.05, 4.69) is 27.9 Å². The van der Waals surface area contributed by atoms with Gasteiger partial charge in [0.2, 0.25) is 5.91 Å². The van der Waals surface area contributed by atoms with E-state index in [0.29, 0.717) is 6.42 Å². The molecule has 0 aromatic heterocycles. The number of hydrogen-bond acceptors (Lipinski definition) is 2. The number of hydrogen-bond donors (Lipinski definition) is 2. The molecule has 0 aliphatic rings. The van der Waals surface area contributed by atoms with Crippen LogP contribution in [0.2, 0.25) is 0 Å². The van der Waals surface area contributed by atoms with Crippen molar-refractivity contribution in [1.82, 2.24) is 0 Å². The Morgan fingerprint density at radius 3 is 2.59 bits per heavy atom. The lowest BCUT2D eigenvalue weighted by Crippen LogP contribution is -2.12. The molecule has 0 aliphatic carbocycles. The fourth-order valence-electron chi connectivity index (χ4n) is 1.56. The largest absolute Gasteiger partial charge is 0.330 e. The van der Waals surface area contributed by atoms with Gasteiger partial charge < -0.3 is 11.1 Å². The number of anilines is 1. The predicted molar refractivity (Wildman–Crippen MR) is 79.9 cm³/mol. The van der Waals surface area contributed by atoms with Crippen LogP contribution < -0.4 is 11.1 Å². The van der Waals surface area contributed by atoms with Crippen LogP contribution in [0.4, 0.5) is 5.69 Å². The molecule has 1 aromatic carbocycles. The zero-order valence-electron chi connectivity index (χ0n) is 9.92. The van der Waals surface area contributed by atoms with Gasteiger partial charge in [-0.2, -0.15) is 0 Å². The quantitative estimate of drug-likeness (QED) is 0.589. The van der Waals surface area contributed by atoms with Gasteiger partial charge in [0.15, 0.2) is 0 Å². The van der Waals surface area contributed by atoms with Crippen molar-refractivity contribution >= 4 is 34.2 Å². The number of amides is 1. The first-order valence-electron chi connectivity index (χ1n) is 5.98. The molecule has 0 saturated carbocycles. The molecule has 0 radical (unpaired) electrons. The number of rotatable bonds is 7. The maximum Gasteiger partial charge on any atom is 0.224 e. The molecule has 0 heterocycles. The highest BCUT2D eigenvalue weighted by Crippen LogP contribution is 2.17. The number of unbranched alkanes of at least 4 members (excludes halogenated alkanes) is 3. The molecular formula is C13H19IN2O. The van der Waals surface area contributed by atoms with Gasteiger partial charge in [-0.15, -0.1) is 0 Å². The lowest BCUT2D eigenvalue weighted by atomic mass is 10.1. The van der Waals surface area contributed by atoms with E-state index in [-0.39, 0.29) is 5.91 Å². The van der Waals surface area contributed by atoms with Gasteiger partial charge >= 0.3 is 0 Å². The summed E-state index contributed by atoms with van der Waals surface area (Å²) in [6.07, 6.45) is 4.78. The Balaban J connectivity index is 2.23. The Hall–Kier alpha value is -0.620. The lowest BCUT2D eigenvalue weighted by molar-refractivity contribution is -0.116. The second-order valence-corrected chi connectivity index (χ2v) is 5.14. The monoisotopic (exact) mass is 346 g/mol. The second kappa shape index (κ2) is 8.47.